The number of carbonyl (C=O) groups excluding carboxylic acids is 2. The van der Waals surface area contributed by atoms with Crippen molar-refractivity contribution >= 4 is 11.8 Å². The highest BCUT2D eigenvalue weighted by atomic mass is 16.7. The minimum atomic E-state index is -0.0234. The van der Waals surface area contributed by atoms with E-state index in [2.05, 4.69) is 5.32 Å². The van der Waals surface area contributed by atoms with E-state index in [1.807, 2.05) is 4.90 Å². The third-order valence-corrected chi connectivity index (χ3v) is 5.14. The number of amides is 2. The molecule has 3 aliphatic rings. The van der Waals surface area contributed by atoms with E-state index in [9.17, 15) is 9.59 Å². The van der Waals surface area contributed by atoms with E-state index in [1.165, 1.54) is 0 Å². The maximum Gasteiger partial charge on any atom is 0.254 e. The third kappa shape index (κ3) is 3.28. The van der Waals surface area contributed by atoms with E-state index in [4.69, 9.17) is 9.47 Å². The highest BCUT2D eigenvalue weighted by molar-refractivity contribution is 5.95. The fraction of sp³-hybridized carbons (Fsp3) is 0.556. The molecule has 2 amide bonds. The number of fused-ring (bicyclic) bond motifs is 1. The molecule has 4 rings (SSSR count). The van der Waals surface area contributed by atoms with Crippen LogP contribution in [0.25, 0.3) is 0 Å². The van der Waals surface area contributed by atoms with Gasteiger partial charge in [0, 0.05) is 38.3 Å². The molecule has 1 aromatic carbocycles. The Hall–Kier alpha value is -2.28. The minimum Gasteiger partial charge on any atom is -0.454 e. The van der Waals surface area contributed by atoms with Gasteiger partial charge in [-0.15, -0.1) is 0 Å². The zero-order valence-electron chi connectivity index (χ0n) is 14.2. The molecule has 1 aromatic rings. The van der Waals surface area contributed by atoms with Gasteiger partial charge in [-0.1, -0.05) is 0 Å². The zero-order chi connectivity index (χ0) is 17.2. The van der Waals surface area contributed by atoms with Crippen molar-refractivity contribution in [3.63, 3.8) is 0 Å². The average Bonchev–Trinajstić information content (AvgIpc) is 3.15. The topological polar surface area (TPSA) is 71.1 Å². The summed E-state index contributed by atoms with van der Waals surface area (Å²) in [6, 6.07) is 5.27. The van der Waals surface area contributed by atoms with Crippen LogP contribution in [0.5, 0.6) is 11.5 Å². The predicted octanol–water partition coefficient (Wildman–Crippen LogP) is 0.699. The van der Waals surface area contributed by atoms with Gasteiger partial charge in [0.1, 0.15) is 0 Å². The lowest BCUT2D eigenvalue weighted by atomic mass is 9.98. The van der Waals surface area contributed by atoms with Crippen LogP contribution in [0, 0.1) is 5.92 Å². The summed E-state index contributed by atoms with van der Waals surface area (Å²) in [5.41, 5.74) is 0.598. The highest BCUT2D eigenvalue weighted by Crippen LogP contribution is 2.32. The van der Waals surface area contributed by atoms with Gasteiger partial charge < -0.3 is 24.6 Å². The molecule has 134 valence electrons. The molecule has 7 nitrogen and oxygen atoms in total. The number of hydrogen-bond donors (Lipinski definition) is 1. The fourth-order valence-corrected chi connectivity index (χ4v) is 3.66. The van der Waals surface area contributed by atoms with Gasteiger partial charge in [-0.3, -0.25) is 9.59 Å². The van der Waals surface area contributed by atoms with Crippen molar-refractivity contribution in [1.29, 1.82) is 0 Å². The molecule has 0 aromatic heterocycles. The number of ether oxygens (including phenoxy) is 2. The van der Waals surface area contributed by atoms with Crippen molar-refractivity contribution in [3.05, 3.63) is 23.8 Å². The SMILES string of the molecule is O=C(c1ccc2c(c1)OCO2)N1CCN(C(=O)C2CCCNC2)CC1. The molecule has 0 bridgehead atoms. The van der Waals surface area contributed by atoms with E-state index in [0.29, 0.717) is 43.2 Å². The molecule has 0 spiro atoms. The number of nitrogens with one attached hydrogen (secondary N) is 1. The highest BCUT2D eigenvalue weighted by Gasteiger charge is 2.30. The number of nitrogens with zero attached hydrogens (tertiary/aromatic N) is 2. The lowest BCUT2D eigenvalue weighted by Gasteiger charge is -2.37. The Morgan fingerprint density at radius 2 is 1.80 bits per heavy atom. The Labute approximate surface area is 146 Å². The number of carbonyl (C=O) groups is 2. The summed E-state index contributed by atoms with van der Waals surface area (Å²) in [5.74, 6) is 1.58. The number of hydrogen-bond acceptors (Lipinski definition) is 5. The van der Waals surface area contributed by atoms with E-state index in [-0.39, 0.29) is 24.5 Å². The van der Waals surface area contributed by atoms with Crippen LogP contribution in [-0.4, -0.2) is 67.7 Å². The lowest BCUT2D eigenvalue weighted by Crippen LogP contribution is -2.53. The van der Waals surface area contributed by atoms with Crippen LogP contribution in [0.15, 0.2) is 18.2 Å². The van der Waals surface area contributed by atoms with Gasteiger partial charge in [-0.2, -0.15) is 0 Å². The van der Waals surface area contributed by atoms with Gasteiger partial charge in [0.25, 0.3) is 5.91 Å². The van der Waals surface area contributed by atoms with Crippen LogP contribution in [0.2, 0.25) is 0 Å². The van der Waals surface area contributed by atoms with Crippen molar-refractivity contribution in [1.82, 2.24) is 15.1 Å². The summed E-state index contributed by atoms with van der Waals surface area (Å²) in [6.45, 7) is 4.32. The average molecular weight is 345 g/mol. The molecule has 1 N–H and O–H groups in total. The molecule has 1 atom stereocenters. The summed E-state index contributed by atoms with van der Waals surface area (Å²) in [4.78, 5) is 29.0. The largest absolute Gasteiger partial charge is 0.454 e. The van der Waals surface area contributed by atoms with Crippen molar-refractivity contribution in [2.75, 3.05) is 46.1 Å². The second-order valence-electron chi connectivity index (χ2n) is 6.73. The minimum absolute atomic E-state index is 0.0234. The fourth-order valence-electron chi connectivity index (χ4n) is 3.66. The summed E-state index contributed by atoms with van der Waals surface area (Å²) < 4.78 is 10.6. The van der Waals surface area contributed by atoms with Crippen LogP contribution >= 0.6 is 0 Å². The molecule has 25 heavy (non-hydrogen) atoms. The van der Waals surface area contributed by atoms with E-state index < -0.39 is 0 Å². The van der Waals surface area contributed by atoms with Crippen LogP contribution < -0.4 is 14.8 Å². The maximum absolute atomic E-state index is 12.7. The summed E-state index contributed by atoms with van der Waals surface area (Å²) >= 11 is 0. The molecule has 0 radical (unpaired) electrons. The summed E-state index contributed by atoms with van der Waals surface area (Å²) in [7, 11) is 0. The quantitative estimate of drug-likeness (QED) is 0.854. The Morgan fingerprint density at radius 1 is 1.04 bits per heavy atom. The molecule has 0 saturated carbocycles. The van der Waals surface area contributed by atoms with E-state index in [0.717, 1.165) is 25.9 Å². The monoisotopic (exact) mass is 345 g/mol. The van der Waals surface area contributed by atoms with Gasteiger partial charge in [0.05, 0.1) is 5.92 Å². The normalized spacial score (nSPS) is 22.8. The van der Waals surface area contributed by atoms with Gasteiger partial charge in [-0.05, 0) is 37.6 Å². The Morgan fingerprint density at radius 3 is 2.56 bits per heavy atom. The molecule has 3 heterocycles. The second kappa shape index (κ2) is 6.92. The molecule has 1 unspecified atom stereocenters. The van der Waals surface area contributed by atoms with Gasteiger partial charge >= 0.3 is 0 Å². The Bertz CT molecular complexity index is 664. The first-order valence-electron chi connectivity index (χ1n) is 8.91. The van der Waals surface area contributed by atoms with Gasteiger partial charge in [-0.25, -0.2) is 0 Å². The molecule has 7 heteroatoms. The van der Waals surface area contributed by atoms with E-state index >= 15 is 0 Å². The number of piperidine rings is 1. The van der Waals surface area contributed by atoms with Crippen molar-refractivity contribution < 1.29 is 19.1 Å². The number of rotatable bonds is 2. The van der Waals surface area contributed by atoms with Crippen molar-refractivity contribution in [2.45, 2.75) is 12.8 Å². The van der Waals surface area contributed by atoms with Crippen molar-refractivity contribution in [2.24, 2.45) is 5.92 Å². The first kappa shape index (κ1) is 16.2. The number of benzene rings is 1. The molecular formula is C18H23N3O4. The Kier molecular flexibility index (Phi) is 4.48. The van der Waals surface area contributed by atoms with Gasteiger partial charge in [0.15, 0.2) is 11.5 Å². The molecule has 0 aliphatic carbocycles. The first-order chi connectivity index (χ1) is 12.2. The van der Waals surface area contributed by atoms with Gasteiger partial charge in [0.2, 0.25) is 12.7 Å². The molecular weight excluding hydrogens is 322 g/mol. The van der Waals surface area contributed by atoms with Crippen LogP contribution in [0.1, 0.15) is 23.2 Å². The lowest BCUT2D eigenvalue weighted by molar-refractivity contribution is -0.137. The number of piperazine rings is 1. The van der Waals surface area contributed by atoms with Crippen LogP contribution in [0.4, 0.5) is 0 Å². The predicted molar refractivity (Wildman–Crippen MR) is 90.6 cm³/mol. The third-order valence-electron chi connectivity index (χ3n) is 5.14. The maximum atomic E-state index is 12.7. The first-order valence-corrected chi connectivity index (χ1v) is 8.91. The Balaban J connectivity index is 1.35. The zero-order valence-corrected chi connectivity index (χ0v) is 14.2. The van der Waals surface area contributed by atoms with Crippen LogP contribution in [0.3, 0.4) is 0 Å². The summed E-state index contributed by atoms with van der Waals surface area (Å²) in [5, 5.41) is 3.29. The van der Waals surface area contributed by atoms with Crippen molar-refractivity contribution in [3.8, 4) is 11.5 Å². The smallest absolute Gasteiger partial charge is 0.254 e. The van der Waals surface area contributed by atoms with Crippen LogP contribution in [-0.2, 0) is 4.79 Å². The molecule has 2 saturated heterocycles. The molecule has 2 fully saturated rings. The standard InChI is InChI=1S/C18H23N3O4/c22-17(13-3-4-15-16(10-13)25-12-24-15)20-6-8-21(9-7-20)18(23)14-2-1-5-19-11-14/h3-4,10,14,19H,1-2,5-9,11-12H2. The second-order valence-corrected chi connectivity index (χ2v) is 6.73. The summed E-state index contributed by atoms with van der Waals surface area (Å²) in [6.07, 6.45) is 2.02. The van der Waals surface area contributed by atoms with E-state index in [1.54, 1.807) is 23.1 Å². The molecule has 3 aliphatic heterocycles.